The zero-order chi connectivity index (χ0) is 18.9. The first-order valence-corrected chi connectivity index (χ1v) is 8.00. The molecule has 0 aliphatic carbocycles. The van der Waals surface area contributed by atoms with Gasteiger partial charge < -0.3 is 15.4 Å². The van der Waals surface area contributed by atoms with Crippen LogP contribution in [0.4, 0.5) is 11.4 Å². The Labute approximate surface area is 150 Å². The highest BCUT2D eigenvalue weighted by Crippen LogP contribution is 2.17. The van der Waals surface area contributed by atoms with E-state index in [1.54, 1.807) is 36.4 Å². The van der Waals surface area contributed by atoms with Crippen LogP contribution < -0.4 is 15.4 Å². The molecule has 0 fully saturated rings. The van der Waals surface area contributed by atoms with E-state index in [4.69, 9.17) is 4.74 Å². The molecule has 8 nitrogen and oxygen atoms in total. The zero-order valence-electron chi connectivity index (χ0n) is 14.2. The Morgan fingerprint density at radius 2 is 1.69 bits per heavy atom. The number of nitro groups is 1. The van der Waals surface area contributed by atoms with Crippen LogP contribution >= 0.6 is 0 Å². The average Bonchev–Trinajstić information content (AvgIpc) is 2.62. The Morgan fingerprint density at radius 1 is 1.04 bits per heavy atom. The third-order valence-electron chi connectivity index (χ3n) is 3.39. The summed E-state index contributed by atoms with van der Waals surface area (Å²) < 4.78 is 5.33. The van der Waals surface area contributed by atoms with Crippen molar-refractivity contribution in [3.63, 3.8) is 0 Å². The summed E-state index contributed by atoms with van der Waals surface area (Å²) in [7, 11) is 0. The van der Waals surface area contributed by atoms with Crippen LogP contribution in [0.2, 0.25) is 0 Å². The minimum atomic E-state index is -0.487. The van der Waals surface area contributed by atoms with E-state index in [-0.39, 0.29) is 30.5 Å². The van der Waals surface area contributed by atoms with E-state index in [2.05, 4.69) is 10.6 Å². The molecule has 0 saturated carbocycles. The number of anilines is 1. The van der Waals surface area contributed by atoms with Crippen molar-refractivity contribution < 1.29 is 19.2 Å². The predicted octanol–water partition coefficient (Wildman–Crippen LogP) is 2.29. The van der Waals surface area contributed by atoms with Gasteiger partial charge in [-0.05, 0) is 36.8 Å². The van der Waals surface area contributed by atoms with Crippen LogP contribution in [0.25, 0.3) is 0 Å². The Morgan fingerprint density at radius 3 is 2.27 bits per heavy atom. The van der Waals surface area contributed by atoms with Crippen molar-refractivity contribution in [1.29, 1.82) is 0 Å². The highest BCUT2D eigenvalue weighted by molar-refractivity contribution is 5.92. The van der Waals surface area contributed by atoms with Crippen LogP contribution in [0.3, 0.4) is 0 Å². The number of rotatable bonds is 8. The number of ether oxygens (including phenoxy) is 1. The smallest absolute Gasteiger partial charge is 0.269 e. The van der Waals surface area contributed by atoms with E-state index in [0.29, 0.717) is 23.5 Å². The maximum Gasteiger partial charge on any atom is 0.269 e. The van der Waals surface area contributed by atoms with Crippen molar-refractivity contribution in [3.8, 4) is 5.75 Å². The topological polar surface area (TPSA) is 111 Å². The van der Waals surface area contributed by atoms with Crippen molar-refractivity contribution in [2.24, 2.45) is 0 Å². The third-order valence-corrected chi connectivity index (χ3v) is 3.39. The molecule has 26 heavy (non-hydrogen) atoms. The predicted molar refractivity (Wildman–Crippen MR) is 96.1 cm³/mol. The number of nitro benzene ring substituents is 1. The molecule has 0 unspecified atom stereocenters. The standard InChI is InChI=1S/C18H19N3O5/c1-2-19-18(23)12-26-16-9-5-14(6-10-16)20-17(22)11-13-3-7-15(8-4-13)21(24)25/h3-10H,2,11-12H2,1H3,(H,19,23)(H,20,22). The second kappa shape index (κ2) is 9.16. The second-order valence-electron chi connectivity index (χ2n) is 5.42. The van der Waals surface area contributed by atoms with E-state index in [0.717, 1.165) is 0 Å². The molecule has 2 aromatic carbocycles. The van der Waals surface area contributed by atoms with Gasteiger partial charge >= 0.3 is 0 Å². The molecular formula is C18H19N3O5. The van der Waals surface area contributed by atoms with E-state index in [1.807, 2.05) is 6.92 Å². The number of nitrogens with one attached hydrogen (secondary N) is 2. The van der Waals surface area contributed by atoms with Crippen molar-refractivity contribution in [3.05, 3.63) is 64.2 Å². The summed E-state index contributed by atoms with van der Waals surface area (Å²) in [5.41, 5.74) is 1.25. The maximum atomic E-state index is 12.0. The molecule has 0 bridgehead atoms. The fourth-order valence-corrected chi connectivity index (χ4v) is 2.16. The Kier molecular flexibility index (Phi) is 6.67. The zero-order valence-corrected chi connectivity index (χ0v) is 14.2. The number of nitrogens with zero attached hydrogens (tertiary/aromatic N) is 1. The van der Waals surface area contributed by atoms with E-state index < -0.39 is 4.92 Å². The van der Waals surface area contributed by atoms with Crippen LogP contribution in [-0.2, 0) is 16.0 Å². The summed E-state index contributed by atoms with van der Waals surface area (Å²) in [6.07, 6.45) is 0.105. The molecule has 0 radical (unpaired) electrons. The monoisotopic (exact) mass is 357 g/mol. The lowest BCUT2D eigenvalue weighted by molar-refractivity contribution is -0.384. The van der Waals surface area contributed by atoms with E-state index in [9.17, 15) is 19.7 Å². The second-order valence-corrected chi connectivity index (χ2v) is 5.42. The van der Waals surface area contributed by atoms with Crippen molar-refractivity contribution in [1.82, 2.24) is 5.32 Å². The van der Waals surface area contributed by atoms with Crippen molar-refractivity contribution in [2.75, 3.05) is 18.5 Å². The van der Waals surface area contributed by atoms with Crippen LogP contribution in [0.15, 0.2) is 48.5 Å². The van der Waals surface area contributed by atoms with Gasteiger partial charge in [-0.3, -0.25) is 19.7 Å². The molecular weight excluding hydrogens is 338 g/mol. The molecule has 136 valence electrons. The molecule has 0 spiro atoms. The summed E-state index contributed by atoms with van der Waals surface area (Å²) in [5.74, 6) is 0.0763. The summed E-state index contributed by atoms with van der Waals surface area (Å²) in [5, 5.41) is 16.0. The third kappa shape index (κ3) is 5.90. The molecule has 0 saturated heterocycles. The van der Waals surface area contributed by atoms with Gasteiger partial charge in [0.2, 0.25) is 5.91 Å². The largest absolute Gasteiger partial charge is 0.484 e. The maximum absolute atomic E-state index is 12.0. The fraction of sp³-hybridized carbons (Fsp3) is 0.222. The van der Waals surface area contributed by atoms with Crippen molar-refractivity contribution in [2.45, 2.75) is 13.3 Å². The quantitative estimate of drug-likeness (QED) is 0.556. The lowest BCUT2D eigenvalue weighted by Gasteiger charge is -2.08. The van der Waals surface area contributed by atoms with Gasteiger partial charge in [0.15, 0.2) is 6.61 Å². The summed E-state index contributed by atoms with van der Waals surface area (Å²) in [6.45, 7) is 2.30. The average molecular weight is 357 g/mol. The molecule has 0 heterocycles. The van der Waals surface area contributed by atoms with Gasteiger partial charge in [0.05, 0.1) is 11.3 Å². The molecule has 2 aromatic rings. The number of amides is 2. The van der Waals surface area contributed by atoms with Crippen molar-refractivity contribution >= 4 is 23.2 Å². The first-order chi connectivity index (χ1) is 12.5. The lowest BCUT2D eigenvalue weighted by atomic mass is 10.1. The number of likely N-dealkylation sites (N-methyl/N-ethyl adjacent to an activating group) is 1. The van der Waals surface area contributed by atoms with E-state index >= 15 is 0 Å². The number of non-ortho nitro benzene ring substituents is 1. The summed E-state index contributed by atoms with van der Waals surface area (Å²) in [4.78, 5) is 33.5. The number of benzene rings is 2. The summed E-state index contributed by atoms with van der Waals surface area (Å²) in [6, 6.07) is 12.5. The molecule has 2 N–H and O–H groups in total. The minimum Gasteiger partial charge on any atom is -0.484 e. The molecule has 0 aliphatic heterocycles. The van der Waals surface area contributed by atoms with Gasteiger partial charge in [-0.2, -0.15) is 0 Å². The van der Waals surface area contributed by atoms with E-state index in [1.165, 1.54) is 12.1 Å². The highest BCUT2D eigenvalue weighted by Gasteiger charge is 2.08. The molecule has 8 heteroatoms. The summed E-state index contributed by atoms with van der Waals surface area (Å²) >= 11 is 0. The first-order valence-electron chi connectivity index (χ1n) is 8.00. The molecule has 2 rings (SSSR count). The molecule has 0 aromatic heterocycles. The van der Waals surface area contributed by atoms with Gasteiger partial charge in [0.1, 0.15) is 5.75 Å². The van der Waals surface area contributed by atoms with Gasteiger partial charge in [-0.15, -0.1) is 0 Å². The number of hydrogen-bond donors (Lipinski definition) is 2. The van der Waals surface area contributed by atoms with Crippen LogP contribution in [0.1, 0.15) is 12.5 Å². The highest BCUT2D eigenvalue weighted by atomic mass is 16.6. The normalized spacial score (nSPS) is 10.0. The van der Waals surface area contributed by atoms with Gasteiger partial charge in [0, 0.05) is 24.4 Å². The minimum absolute atomic E-state index is 0.0163. The Bertz CT molecular complexity index is 772. The molecule has 2 amide bonds. The number of hydrogen-bond acceptors (Lipinski definition) is 5. The Hall–Kier alpha value is -3.42. The lowest BCUT2D eigenvalue weighted by Crippen LogP contribution is -2.28. The van der Waals surface area contributed by atoms with Crippen LogP contribution in [0.5, 0.6) is 5.75 Å². The molecule has 0 aliphatic rings. The SMILES string of the molecule is CCNC(=O)COc1ccc(NC(=O)Cc2ccc([N+](=O)[O-])cc2)cc1. The van der Waals surface area contributed by atoms with Crippen LogP contribution in [-0.4, -0.2) is 29.9 Å². The molecule has 0 atom stereocenters. The van der Waals surface area contributed by atoms with Gasteiger partial charge in [0.25, 0.3) is 11.6 Å². The first kappa shape index (κ1) is 18.9. The van der Waals surface area contributed by atoms with Crippen LogP contribution in [0, 0.1) is 10.1 Å². The number of carbonyl (C=O) groups excluding carboxylic acids is 2. The number of carbonyl (C=O) groups is 2. The van der Waals surface area contributed by atoms with Gasteiger partial charge in [-0.1, -0.05) is 12.1 Å². The van der Waals surface area contributed by atoms with Gasteiger partial charge in [-0.25, -0.2) is 0 Å². The Balaban J connectivity index is 1.85. The fourth-order valence-electron chi connectivity index (χ4n) is 2.16.